The SMILES string of the molecule is CCC(CC)(c1ccc(OCC(O)C(C)(C)C)c(C)c1)c1ccc(C(=O)NC(C)C(=O)O)c(C)c1. The van der Waals surface area contributed by atoms with Crippen molar-refractivity contribution < 1.29 is 24.5 Å². The summed E-state index contributed by atoms with van der Waals surface area (Å²) in [5, 5.41) is 21.9. The van der Waals surface area contributed by atoms with E-state index in [0.29, 0.717) is 5.56 Å². The topological polar surface area (TPSA) is 95.9 Å². The average Bonchev–Trinajstić information content (AvgIpc) is 2.78. The molecule has 0 saturated heterocycles. The minimum absolute atomic E-state index is 0.236. The van der Waals surface area contributed by atoms with Gasteiger partial charge >= 0.3 is 5.97 Å². The van der Waals surface area contributed by atoms with E-state index in [0.717, 1.165) is 35.3 Å². The summed E-state index contributed by atoms with van der Waals surface area (Å²) < 4.78 is 5.94. The van der Waals surface area contributed by atoms with Gasteiger partial charge in [0.25, 0.3) is 5.91 Å². The van der Waals surface area contributed by atoms with Gasteiger partial charge in [0.05, 0.1) is 6.10 Å². The molecule has 2 atom stereocenters. The summed E-state index contributed by atoms with van der Waals surface area (Å²) in [4.78, 5) is 23.7. The van der Waals surface area contributed by atoms with Gasteiger partial charge in [0.2, 0.25) is 0 Å². The van der Waals surface area contributed by atoms with Crippen LogP contribution in [0.25, 0.3) is 0 Å². The first-order valence-electron chi connectivity index (χ1n) is 12.3. The zero-order valence-corrected chi connectivity index (χ0v) is 22.4. The van der Waals surface area contributed by atoms with Crippen molar-refractivity contribution in [2.45, 2.75) is 85.8 Å². The number of hydrogen-bond acceptors (Lipinski definition) is 4. The number of aliphatic hydroxyl groups is 1. The number of aliphatic hydroxyl groups excluding tert-OH is 1. The van der Waals surface area contributed by atoms with Gasteiger partial charge in [0.1, 0.15) is 18.4 Å². The highest BCUT2D eigenvalue weighted by atomic mass is 16.5. The number of carbonyl (C=O) groups excluding carboxylic acids is 1. The lowest BCUT2D eigenvalue weighted by Crippen LogP contribution is -2.38. The highest BCUT2D eigenvalue weighted by Gasteiger charge is 2.32. The smallest absolute Gasteiger partial charge is 0.325 e. The molecular weight excluding hydrogens is 442 g/mol. The number of rotatable bonds is 10. The minimum atomic E-state index is -1.07. The van der Waals surface area contributed by atoms with Gasteiger partial charge in [-0.15, -0.1) is 0 Å². The third kappa shape index (κ3) is 6.43. The zero-order chi connectivity index (χ0) is 26.6. The zero-order valence-electron chi connectivity index (χ0n) is 22.4. The van der Waals surface area contributed by atoms with Gasteiger partial charge in [0.15, 0.2) is 0 Å². The summed E-state index contributed by atoms with van der Waals surface area (Å²) in [6.45, 7) is 15.8. The minimum Gasteiger partial charge on any atom is -0.491 e. The van der Waals surface area contributed by atoms with Gasteiger partial charge in [-0.2, -0.15) is 0 Å². The second kappa shape index (κ2) is 11.3. The lowest BCUT2D eigenvalue weighted by atomic mass is 9.70. The van der Waals surface area contributed by atoms with Crippen molar-refractivity contribution in [2.75, 3.05) is 6.61 Å². The molecule has 1 amide bonds. The van der Waals surface area contributed by atoms with Gasteiger partial charge in [-0.25, -0.2) is 0 Å². The summed E-state index contributed by atoms with van der Waals surface area (Å²) in [6, 6.07) is 11.0. The molecule has 35 heavy (non-hydrogen) atoms. The van der Waals surface area contributed by atoms with Crippen LogP contribution in [-0.2, 0) is 10.2 Å². The fourth-order valence-corrected chi connectivity index (χ4v) is 4.31. The Hall–Kier alpha value is -2.86. The Kier molecular flexibility index (Phi) is 9.12. The van der Waals surface area contributed by atoms with Gasteiger partial charge in [-0.05, 0) is 73.4 Å². The Morgan fingerprint density at radius 2 is 1.51 bits per heavy atom. The van der Waals surface area contributed by atoms with Crippen molar-refractivity contribution in [2.24, 2.45) is 5.41 Å². The van der Waals surface area contributed by atoms with Crippen molar-refractivity contribution in [1.82, 2.24) is 5.32 Å². The number of hydrogen-bond donors (Lipinski definition) is 3. The Morgan fingerprint density at radius 1 is 0.971 bits per heavy atom. The van der Waals surface area contributed by atoms with Crippen LogP contribution in [0.4, 0.5) is 0 Å². The molecule has 0 radical (unpaired) electrons. The predicted octanol–water partition coefficient (Wildman–Crippen LogP) is 5.40. The third-order valence-electron chi connectivity index (χ3n) is 7.07. The Bertz CT molecular complexity index is 1050. The van der Waals surface area contributed by atoms with Crippen LogP contribution in [0.2, 0.25) is 0 Å². The molecule has 2 unspecified atom stereocenters. The van der Waals surface area contributed by atoms with Crippen molar-refractivity contribution in [1.29, 1.82) is 0 Å². The largest absolute Gasteiger partial charge is 0.491 e. The average molecular weight is 484 g/mol. The van der Waals surface area contributed by atoms with E-state index in [9.17, 15) is 14.7 Å². The van der Waals surface area contributed by atoms with E-state index in [1.807, 2.05) is 52.8 Å². The van der Waals surface area contributed by atoms with E-state index in [1.54, 1.807) is 6.07 Å². The lowest BCUT2D eigenvalue weighted by Gasteiger charge is -2.34. The fraction of sp³-hybridized carbons (Fsp3) is 0.517. The van der Waals surface area contributed by atoms with Crippen LogP contribution in [0.3, 0.4) is 0 Å². The molecule has 0 aromatic heterocycles. The van der Waals surface area contributed by atoms with Crippen molar-refractivity contribution in [3.05, 3.63) is 64.2 Å². The first kappa shape index (κ1) is 28.4. The summed E-state index contributed by atoms with van der Waals surface area (Å²) in [5.41, 5.74) is 4.06. The summed E-state index contributed by atoms with van der Waals surface area (Å²) >= 11 is 0. The molecule has 0 aliphatic heterocycles. The van der Waals surface area contributed by atoms with Crippen LogP contribution >= 0.6 is 0 Å². The number of benzene rings is 2. The van der Waals surface area contributed by atoms with Gasteiger partial charge in [-0.1, -0.05) is 58.9 Å². The van der Waals surface area contributed by atoms with Crippen molar-refractivity contribution in [3.63, 3.8) is 0 Å². The van der Waals surface area contributed by atoms with Crippen LogP contribution < -0.4 is 10.1 Å². The van der Waals surface area contributed by atoms with Gasteiger partial charge in [-0.3, -0.25) is 9.59 Å². The standard InChI is InChI=1S/C29H41NO5/c1-9-29(10-2,21-11-13-23(18(3)15-21)26(32)30-20(5)27(33)34)22-12-14-24(19(4)16-22)35-17-25(31)28(6,7)8/h11-16,20,25,31H,9-10,17H2,1-8H3,(H,30,32)(H,33,34). The maximum Gasteiger partial charge on any atom is 0.325 e. The third-order valence-corrected chi connectivity index (χ3v) is 7.07. The van der Waals surface area contributed by atoms with E-state index in [-0.39, 0.29) is 17.4 Å². The number of aryl methyl sites for hydroxylation is 2. The molecule has 2 rings (SSSR count). The van der Waals surface area contributed by atoms with Crippen LogP contribution in [0.5, 0.6) is 5.75 Å². The number of aliphatic carboxylic acids is 1. The number of ether oxygens (including phenoxy) is 1. The molecule has 192 valence electrons. The monoisotopic (exact) mass is 483 g/mol. The maximum absolute atomic E-state index is 12.6. The molecule has 2 aromatic rings. The highest BCUT2D eigenvalue weighted by molar-refractivity contribution is 5.97. The summed E-state index contributed by atoms with van der Waals surface area (Å²) in [5.74, 6) is -0.703. The molecule has 3 N–H and O–H groups in total. The molecule has 0 aliphatic carbocycles. The molecule has 0 aliphatic rings. The van der Waals surface area contributed by atoms with E-state index in [2.05, 4.69) is 31.3 Å². The molecule has 0 spiro atoms. The van der Waals surface area contributed by atoms with E-state index in [1.165, 1.54) is 12.5 Å². The fourth-order valence-electron chi connectivity index (χ4n) is 4.31. The number of nitrogens with one attached hydrogen (secondary N) is 1. The quantitative estimate of drug-likeness (QED) is 0.421. The van der Waals surface area contributed by atoms with Crippen LogP contribution in [-0.4, -0.2) is 40.8 Å². The summed E-state index contributed by atoms with van der Waals surface area (Å²) in [7, 11) is 0. The molecule has 0 fully saturated rings. The number of carboxylic acid groups (broad SMARTS) is 1. The Morgan fingerprint density at radius 3 is 1.97 bits per heavy atom. The Labute approximate surface area is 209 Å². The van der Waals surface area contributed by atoms with Crippen LogP contribution in [0, 0.1) is 19.3 Å². The van der Waals surface area contributed by atoms with E-state index < -0.39 is 24.0 Å². The molecule has 0 saturated carbocycles. The van der Waals surface area contributed by atoms with Crippen LogP contribution in [0.15, 0.2) is 36.4 Å². The second-order valence-electron chi connectivity index (χ2n) is 10.5. The highest BCUT2D eigenvalue weighted by Crippen LogP contribution is 2.41. The van der Waals surface area contributed by atoms with Gasteiger partial charge < -0.3 is 20.3 Å². The normalized spacial score (nSPS) is 13.7. The Balaban J connectivity index is 2.37. The van der Waals surface area contributed by atoms with Crippen molar-refractivity contribution >= 4 is 11.9 Å². The van der Waals surface area contributed by atoms with Crippen molar-refractivity contribution in [3.8, 4) is 5.75 Å². The molecule has 0 heterocycles. The van der Waals surface area contributed by atoms with Crippen LogP contribution in [0.1, 0.15) is 87.0 Å². The number of carbonyl (C=O) groups is 2. The lowest BCUT2D eigenvalue weighted by molar-refractivity contribution is -0.138. The molecule has 2 aromatic carbocycles. The molecule has 0 bridgehead atoms. The predicted molar refractivity (Wildman–Crippen MR) is 139 cm³/mol. The second-order valence-corrected chi connectivity index (χ2v) is 10.5. The molecular formula is C29H41NO5. The van der Waals surface area contributed by atoms with E-state index in [4.69, 9.17) is 9.84 Å². The first-order valence-corrected chi connectivity index (χ1v) is 12.3. The first-order chi connectivity index (χ1) is 16.3. The van der Waals surface area contributed by atoms with Gasteiger partial charge in [0, 0.05) is 11.0 Å². The summed E-state index contributed by atoms with van der Waals surface area (Å²) in [6.07, 6.45) is 1.17. The molecule has 6 nitrogen and oxygen atoms in total. The van der Waals surface area contributed by atoms with E-state index >= 15 is 0 Å². The number of carboxylic acids is 1. The molecule has 6 heteroatoms. The maximum atomic E-state index is 12.6. The number of amides is 1.